The van der Waals surface area contributed by atoms with Crippen molar-refractivity contribution in [3.63, 3.8) is 0 Å². The third-order valence-corrected chi connectivity index (χ3v) is 1.60. The second-order valence-corrected chi connectivity index (χ2v) is 2.70. The Bertz CT molecular complexity index is 106. The standard InChI is InChI=1S/C8H16O3/c1-3-9-5-4-8-10-6-7(2)11-8/h7-8H,3-6H2,1-2H3. The highest BCUT2D eigenvalue weighted by Gasteiger charge is 2.21. The maximum Gasteiger partial charge on any atom is 0.160 e. The fourth-order valence-corrected chi connectivity index (χ4v) is 1.06. The van der Waals surface area contributed by atoms with E-state index >= 15 is 0 Å². The molecule has 2 atom stereocenters. The van der Waals surface area contributed by atoms with Gasteiger partial charge in [-0.3, -0.25) is 0 Å². The van der Waals surface area contributed by atoms with Crippen molar-refractivity contribution in [2.24, 2.45) is 0 Å². The summed E-state index contributed by atoms with van der Waals surface area (Å²) in [5.41, 5.74) is 0. The summed E-state index contributed by atoms with van der Waals surface area (Å²) in [6, 6.07) is 0. The van der Waals surface area contributed by atoms with Crippen LogP contribution in [0.5, 0.6) is 0 Å². The van der Waals surface area contributed by atoms with Crippen LogP contribution in [0.4, 0.5) is 0 Å². The first kappa shape index (κ1) is 8.97. The van der Waals surface area contributed by atoms with Crippen LogP contribution in [0.25, 0.3) is 0 Å². The minimum atomic E-state index is -0.0310. The molecule has 0 aromatic rings. The molecule has 66 valence electrons. The fraction of sp³-hybridized carbons (Fsp3) is 1.00. The van der Waals surface area contributed by atoms with E-state index < -0.39 is 0 Å². The third kappa shape index (κ3) is 3.18. The van der Waals surface area contributed by atoms with Crippen molar-refractivity contribution >= 4 is 0 Å². The second kappa shape index (κ2) is 4.70. The lowest BCUT2D eigenvalue weighted by molar-refractivity contribution is -0.0719. The van der Waals surface area contributed by atoms with E-state index in [2.05, 4.69) is 0 Å². The molecule has 1 aliphatic heterocycles. The van der Waals surface area contributed by atoms with Crippen molar-refractivity contribution in [2.45, 2.75) is 32.7 Å². The first-order valence-electron chi connectivity index (χ1n) is 4.17. The Morgan fingerprint density at radius 1 is 1.55 bits per heavy atom. The molecule has 1 aliphatic rings. The molecule has 1 saturated heterocycles. The SMILES string of the molecule is CCOCCC1OCC(C)O1. The van der Waals surface area contributed by atoms with Crippen LogP contribution in [0, 0.1) is 0 Å². The van der Waals surface area contributed by atoms with Crippen LogP contribution >= 0.6 is 0 Å². The Kier molecular flexibility index (Phi) is 3.83. The first-order valence-corrected chi connectivity index (χ1v) is 4.17. The van der Waals surface area contributed by atoms with Crippen LogP contribution in [0.3, 0.4) is 0 Å². The molecule has 0 aromatic carbocycles. The highest BCUT2D eigenvalue weighted by molar-refractivity contribution is 4.59. The van der Waals surface area contributed by atoms with Crippen molar-refractivity contribution in [3.05, 3.63) is 0 Å². The van der Waals surface area contributed by atoms with Gasteiger partial charge in [0, 0.05) is 13.0 Å². The van der Waals surface area contributed by atoms with Crippen LogP contribution in [-0.4, -0.2) is 32.2 Å². The Morgan fingerprint density at radius 3 is 2.91 bits per heavy atom. The van der Waals surface area contributed by atoms with E-state index in [0.29, 0.717) is 0 Å². The number of ether oxygens (including phenoxy) is 3. The van der Waals surface area contributed by atoms with Crippen molar-refractivity contribution < 1.29 is 14.2 Å². The van der Waals surface area contributed by atoms with E-state index in [9.17, 15) is 0 Å². The van der Waals surface area contributed by atoms with Gasteiger partial charge in [0.05, 0.1) is 19.3 Å². The number of hydrogen-bond donors (Lipinski definition) is 0. The molecule has 1 rings (SSSR count). The molecule has 2 unspecified atom stereocenters. The predicted octanol–water partition coefficient (Wildman–Crippen LogP) is 1.17. The molecule has 0 N–H and O–H groups in total. The van der Waals surface area contributed by atoms with E-state index in [0.717, 1.165) is 26.2 Å². The molecule has 0 bridgehead atoms. The van der Waals surface area contributed by atoms with Crippen molar-refractivity contribution in [1.82, 2.24) is 0 Å². The van der Waals surface area contributed by atoms with Crippen LogP contribution in [0.1, 0.15) is 20.3 Å². The van der Waals surface area contributed by atoms with Gasteiger partial charge in [-0.1, -0.05) is 0 Å². The van der Waals surface area contributed by atoms with E-state index in [1.807, 2.05) is 13.8 Å². The lowest BCUT2D eigenvalue weighted by Gasteiger charge is -2.08. The quantitative estimate of drug-likeness (QED) is 0.578. The van der Waals surface area contributed by atoms with Gasteiger partial charge < -0.3 is 14.2 Å². The lowest BCUT2D eigenvalue weighted by atomic mass is 10.4. The summed E-state index contributed by atoms with van der Waals surface area (Å²) in [6.45, 7) is 6.21. The van der Waals surface area contributed by atoms with E-state index in [4.69, 9.17) is 14.2 Å². The van der Waals surface area contributed by atoms with Crippen LogP contribution in [0.2, 0.25) is 0 Å². The predicted molar refractivity (Wildman–Crippen MR) is 41.4 cm³/mol. The molecule has 0 aromatic heterocycles. The maximum absolute atomic E-state index is 5.41. The molecule has 0 aliphatic carbocycles. The van der Waals surface area contributed by atoms with Crippen LogP contribution in [-0.2, 0) is 14.2 Å². The Labute approximate surface area is 67.6 Å². The highest BCUT2D eigenvalue weighted by atomic mass is 16.7. The summed E-state index contributed by atoms with van der Waals surface area (Å²) < 4.78 is 15.9. The van der Waals surface area contributed by atoms with Crippen molar-refractivity contribution in [2.75, 3.05) is 19.8 Å². The molecule has 0 spiro atoms. The van der Waals surface area contributed by atoms with Gasteiger partial charge in [-0.2, -0.15) is 0 Å². The zero-order chi connectivity index (χ0) is 8.10. The number of hydrogen-bond acceptors (Lipinski definition) is 3. The van der Waals surface area contributed by atoms with E-state index in [1.54, 1.807) is 0 Å². The third-order valence-electron chi connectivity index (χ3n) is 1.60. The maximum atomic E-state index is 5.41. The summed E-state index contributed by atoms with van der Waals surface area (Å²) in [4.78, 5) is 0. The van der Waals surface area contributed by atoms with Gasteiger partial charge in [-0.05, 0) is 13.8 Å². The van der Waals surface area contributed by atoms with Gasteiger partial charge in [0.25, 0.3) is 0 Å². The minimum Gasteiger partial charge on any atom is -0.382 e. The summed E-state index contributed by atoms with van der Waals surface area (Å²) in [6.07, 6.45) is 1.07. The van der Waals surface area contributed by atoms with Crippen LogP contribution < -0.4 is 0 Å². The summed E-state index contributed by atoms with van der Waals surface area (Å²) in [5.74, 6) is 0. The van der Waals surface area contributed by atoms with Gasteiger partial charge >= 0.3 is 0 Å². The lowest BCUT2D eigenvalue weighted by Crippen LogP contribution is -2.12. The molecule has 1 heterocycles. The van der Waals surface area contributed by atoms with E-state index in [1.165, 1.54) is 0 Å². The van der Waals surface area contributed by atoms with Crippen LogP contribution in [0.15, 0.2) is 0 Å². The van der Waals surface area contributed by atoms with Gasteiger partial charge in [-0.25, -0.2) is 0 Å². The summed E-state index contributed by atoms with van der Waals surface area (Å²) in [7, 11) is 0. The molecule has 3 nitrogen and oxygen atoms in total. The van der Waals surface area contributed by atoms with Crippen molar-refractivity contribution in [1.29, 1.82) is 0 Å². The summed E-state index contributed by atoms with van der Waals surface area (Å²) in [5, 5.41) is 0. The molecule has 3 heteroatoms. The molecular weight excluding hydrogens is 144 g/mol. The Balaban J connectivity index is 1.99. The first-order chi connectivity index (χ1) is 5.33. The van der Waals surface area contributed by atoms with Gasteiger partial charge in [0.15, 0.2) is 6.29 Å². The molecule has 0 radical (unpaired) electrons. The van der Waals surface area contributed by atoms with Gasteiger partial charge in [0.1, 0.15) is 0 Å². The normalized spacial score (nSPS) is 31.1. The highest BCUT2D eigenvalue weighted by Crippen LogP contribution is 2.13. The molecule has 0 saturated carbocycles. The van der Waals surface area contributed by atoms with Gasteiger partial charge in [-0.15, -0.1) is 0 Å². The average molecular weight is 160 g/mol. The smallest absolute Gasteiger partial charge is 0.160 e. The average Bonchev–Trinajstić information content (AvgIpc) is 2.37. The largest absolute Gasteiger partial charge is 0.382 e. The summed E-state index contributed by atoms with van der Waals surface area (Å²) >= 11 is 0. The zero-order valence-corrected chi connectivity index (χ0v) is 7.21. The minimum absolute atomic E-state index is 0.0310. The second-order valence-electron chi connectivity index (χ2n) is 2.70. The molecule has 1 fully saturated rings. The monoisotopic (exact) mass is 160 g/mol. The Morgan fingerprint density at radius 2 is 2.36 bits per heavy atom. The van der Waals surface area contributed by atoms with Gasteiger partial charge in [0.2, 0.25) is 0 Å². The van der Waals surface area contributed by atoms with E-state index in [-0.39, 0.29) is 12.4 Å². The fourth-order valence-electron chi connectivity index (χ4n) is 1.06. The molecular formula is C8H16O3. The molecule has 11 heavy (non-hydrogen) atoms. The Hall–Kier alpha value is -0.120. The number of rotatable bonds is 4. The van der Waals surface area contributed by atoms with Crippen molar-refractivity contribution in [3.8, 4) is 0 Å². The topological polar surface area (TPSA) is 27.7 Å². The molecule has 0 amide bonds. The zero-order valence-electron chi connectivity index (χ0n) is 7.21.